The Morgan fingerprint density at radius 2 is 1.90 bits per heavy atom. The van der Waals surface area contributed by atoms with Crippen molar-refractivity contribution in [1.29, 1.82) is 0 Å². The average Bonchev–Trinajstić information content (AvgIpc) is 3.21. The lowest BCUT2D eigenvalue weighted by atomic mass is 10.2. The minimum absolute atomic E-state index is 0.170. The summed E-state index contributed by atoms with van der Waals surface area (Å²) in [5.41, 5.74) is 4.86. The van der Waals surface area contributed by atoms with Gasteiger partial charge in [-0.3, -0.25) is 25.2 Å². The number of thiazole rings is 1. The van der Waals surface area contributed by atoms with Crippen LogP contribution in [0.5, 0.6) is 0 Å². The molecule has 3 rings (SSSR count). The average molecular weight is 458 g/mol. The highest BCUT2D eigenvalue weighted by molar-refractivity contribution is 7.13. The number of benzene rings is 1. The molecule has 9 nitrogen and oxygen atoms in total. The van der Waals surface area contributed by atoms with Gasteiger partial charge in [0, 0.05) is 23.5 Å². The summed E-state index contributed by atoms with van der Waals surface area (Å²) in [7, 11) is 0. The zero-order chi connectivity index (χ0) is 20.8. The molecule has 0 unspecified atom stereocenters. The SMILES string of the molecule is O=C(CNC(=O)c1ccc(Cl)cc1Cl)NNC(=O)c1csc(N2CCOCC2)n1. The van der Waals surface area contributed by atoms with Gasteiger partial charge in [0.1, 0.15) is 5.69 Å². The second-order valence-corrected chi connectivity index (χ2v) is 7.60. The molecule has 0 atom stereocenters. The van der Waals surface area contributed by atoms with Crippen molar-refractivity contribution >= 4 is 57.4 Å². The lowest BCUT2D eigenvalue weighted by Gasteiger charge is -2.25. The van der Waals surface area contributed by atoms with Crippen molar-refractivity contribution in [1.82, 2.24) is 21.2 Å². The Bertz CT molecular complexity index is 917. The second-order valence-electron chi connectivity index (χ2n) is 5.92. The molecule has 1 aliphatic heterocycles. The summed E-state index contributed by atoms with van der Waals surface area (Å²) in [5, 5.41) is 5.30. The monoisotopic (exact) mass is 457 g/mol. The molecule has 1 aromatic heterocycles. The first-order valence-electron chi connectivity index (χ1n) is 8.54. The first-order valence-corrected chi connectivity index (χ1v) is 10.2. The minimum atomic E-state index is -0.611. The molecule has 3 N–H and O–H groups in total. The Balaban J connectivity index is 1.44. The van der Waals surface area contributed by atoms with Crippen molar-refractivity contribution in [2.24, 2.45) is 0 Å². The number of aromatic nitrogens is 1. The van der Waals surface area contributed by atoms with Crippen LogP contribution in [0, 0.1) is 0 Å². The lowest BCUT2D eigenvalue weighted by Crippen LogP contribution is -2.46. The van der Waals surface area contributed by atoms with E-state index in [1.165, 1.54) is 29.5 Å². The van der Waals surface area contributed by atoms with E-state index in [1.807, 2.05) is 4.90 Å². The van der Waals surface area contributed by atoms with E-state index in [0.717, 1.165) is 5.13 Å². The topological polar surface area (TPSA) is 113 Å². The summed E-state index contributed by atoms with van der Waals surface area (Å²) >= 11 is 13.1. The van der Waals surface area contributed by atoms with E-state index in [0.29, 0.717) is 31.3 Å². The van der Waals surface area contributed by atoms with Gasteiger partial charge >= 0.3 is 0 Å². The van der Waals surface area contributed by atoms with Gasteiger partial charge in [-0.2, -0.15) is 0 Å². The van der Waals surface area contributed by atoms with Crippen LogP contribution in [-0.2, 0) is 9.53 Å². The largest absolute Gasteiger partial charge is 0.378 e. The number of carbonyl (C=O) groups is 3. The quantitative estimate of drug-likeness (QED) is 0.586. The van der Waals surface area contributed by atoms with Gasteiger partial charge in [0.05, 0.1) is 30.3 Å². The number of carbonyl (C=O) groups excluding carboxylic acids is 3. The summed E-state index contributed by atoms with van der Waals surface area (Å²) in [6.07, 6.45) is 0. The maximum Gasteiger partial charge on any atom is 0.289 e. The number of hydrogen-bond donors (Lipinski definition) is 3. The highest BCUT2D eigenvalue weighted by atomic mass is 35.5. The molecule has 1 saturated heterocycles. The van der Waals surface area contributed by atoms with Gasteiger partial charge in [0.25, 0.3) is 17.7 Å². The van der Waals surface area contributed by atoms with Gasteiger partial charge in [-0.25, -0.2) is 4.98 Å². The Morgan fingerprint density at radius 3 is 2.62 bits per heavy atom. The lowest BCUT2D eigenvalue weighted by molar-refractivity contribution is -0.120. The number of hydrazine groups is 1. The van der Waals surface area contributed by atoms with Gasteiger partial charge in [0.2, 0.25) is 0 Å². The summed E-state index contributed by atoms with van der Waals surface area (Å²) < 4.78 is 5.29. The van der Waals surface area contributed by atoms with Gasteiger partial charge in [0.15, 0.2) is 5.13 Å². The molecule has 2 heterocycles. The number of nitrogens with one attached hydrogen (secondary N) is 3. The number of nitrogens with zero attached hydrogens (tertiary/aromatic N) is 2. The molecule has 0 saturated carbocycles. The zero-order valence-electron chi connectivity index (χ0n) is 15.0. The third-order valence-corrected chi connectivity index (χ3v) is 5.36. The van der Waals surface area contributed by atoms with Crippen LogP contribution < -0.4 is 21.1 Å². The molecule has 0 bridgehead atoms. The molecular formula is C17H17Cl2N5O4S. The number of rotatable bonds is 5. The van der Waals surface area contributed by atoms with Crippen molar-refractivity contribution in [3.05, 3.63) is 44.9 Å². The first-order chi connectivity index (χ1) is 13.9. The maximum absolute atomic E-state index is 12.1. The third-order valence-electron chi connectivity index (χ3n) is 3.91. The molecule has 1 aliphatic rings. The van der Waals surface area contributed by atoms with E-state index >= 15 is 0 Å². The van der Waals surface area contributed by atoms with Crippen molar-refractivity contribution in [3.63, 3.8) is 0 Å². The maximum atomic E-state index is 12.1. The van der Waals surface area contributed by atoms with E-state index in [4.69, 9.17) is 27.9 Å². The van der Waals surface area contributed by atoms with E-state index in [-0.39, 0.29) is 22.8 Å². The first kappa shape index (κ1) is 21.3. The van der Waals surface area contributed by atoms with Gasteiger partial charge in [-0.05, 0) is 18.2 Å². The predicted octanol–water partition coefficient (Wildman–Crippen LogP) is 1.48. The van der Waals surface area contributed by atoms with Crippen molar-refractivity contribution in [2.75, 3.05) is 37.7 Å². The number of ether oxygens (including phenoxy) is 1. The molecule has 0 radical (unpaired) electrons. The Hall–Kier alpha value is -2.40. The third kappa shape index (κ3) is 5.80. The Morgan fingerprint density at radius 1 is 1.14 bits per heavy atom. The fourth-order valence-corrected chi connectivity index (χ4v) is 3.79. The van der Waals surface area contributed by atoms with Crippen LogP contribution in [-0.4, -0.2) is 55.6 Å². The number of morpholine rings is 1. The molecule has 12 heteroatoms. The van der Waals surface area contributed by atoms with Crippen LogP contribution in [0.25, 0.3) is 0 Å². The molecule has 154 valence electrons. The summed E-state index contributed by atoms with van der Waals surface area (Å²) in [6, 6.07) is 4.40. The minimum Gasteiger partial charge on any atom is -0.378 e. The van der Waals surface area contributed by atoms with Crippen LogP contribution in [0.1, 0.15) is 20.8 Å². The molecule has 29 heavy (non-hydrogen) atoms. The molecule has 0 aliphatic carbocycles. The number of anilines is 1. The standard InChI is InChI=1S/C17H17Cl2N5O4S/c18-10-1-2-11(12(19)7-10)15(26)20-8-14(25)22-23-16(27)13-9-29-17(21-13)24-3-5-28-6-4-24/h1-2,7,9H,3-6,8H2,(H,20,26)(H,22,25)(H,23,27). The van der Waals surface area contributed by atoms with Crippen molar-refractivity contribution in [2.45, 2.75) is 0 Å². The molecule has 3 amide bonds. The number of halogens is 2. The van der Waals surface area contributed by atoms with Crippen LogP contribution >= 0.6 is 34.5 Å². The number of hydrogen-bond acceptors (Lipinski definition) is 7. The highest BCUT2D eigenvalue weighted by Gasteiger charge is 2.18. The van der Waals surface area contributed by atoms with Gasteiger partial charge in [-0.1, -0.05) is 23.2 Å². The molecular weight excluding hydrogens is 441 g/mol. The van der Waals surface area contributed by atoms with Crippen LogP contribution in [0.15, 0.2) is 23.6 Å². The van der Waals surface area contributed by atoms with Crippen molar-refractivity contribution < 1.29 is 19.1 Å². The van der Waals surface area contributed by atoms with Crippen LogP contribution in [0.3, 0.4) is 0 Å². The fourth-order valence-electron chi connectivity index (χ4n) is 2.43. The molecule has 1 aromatic carbocycles. The van der Waals surface area contributed by atoms with E-state index in [1.54, 1.807) is 5.38 Å². The predicted molar refractivity (Wildman–Crippen MR) is 110 cm³/mol. The highest BCUT2D eigenvalue weighted by Crippen LogP contribution is 2.22. The van der Waals surface area contributed by atoms with Gasteiger partial charge in [-0.15, -0.1) is 11.3 Å². The van der Waals surface area contributed by atoms with Crippen LogP contribution in [0.4, 0.5) is 5.13 Å². The Labute approximate surface area is 180 Å². The summed E-state index contributed by atoms with van der Waals surface area (Å²) in [5.74, 6) is -1.70. The fraction of sp³-hybridized carbons (Fsp3) is 0.294. The normalized spacial score (nSPS) is 13.7. The number of amides is 3. The second kappa shape index (κ2) is 9.88. The Kier molecular flexibility index (Phi) is 7.26. The van der Waals surface area contributed by atoms with E-state index < -0.39 is 17.7 Å². The zero-order valence-corrected chi connectivity index (χ0v) is 17.4. The van der Waals surface area contributed by atoms with E-state index in [2.05, 4.69) is 21.2 Å². The molecule has 0 spiro atoms. The summed E-state index contributed by atoms with van der Waals surface area (Å²) in [4.78, 5) is 42.4. The molecule has 1 fully saturated rings. The smallest absolute Gasteiger partial charge is 0.289 e. The van der Waals surface area contributed by atoms with Crippen molar-refractivity contribution in [3.8, 4) is 0 Å². The summed E-state index contributed by atoms with van der Waals surface area (Å²) in [6.45, 7) is 2.30. The van der Waals surface area contributed by atoms with E-state index in [9.17, 15) is 14.4 Å². The van der Waals surface area contributed by atoms with Gasteiger partial charge < -0.3 is 15.0 Å². The molecule has 2 aromatic rings. The van der Waals surface area contributed by atoms with Crippen LogP contribution in [0.2, 0.25) is 10.0 Å².